The van der Waals surface area contributed by atoms with Crippen LogP contribution in [0.2, 0.25) is 0 Å². The maximum absolute atomic E-state index is 13.8. The van der Waals surface area contributed by atoms with Gasteiger partial charge in [-0.05, 0) is 36.8 Å². The Balaban J connectivity index is 1.84. The van der Waals surface area contributed by atoms with Gasteiger partial charge in [-0.15, -0.1) is 0 Å². The first-order chi connectivity index (χ1) is 14.6. The lowest BCUT2D eigenvalue weighted by atomic mass is 10.1. The molecule has 1 aliphatic heterocycles. The van der Waals surface area contributed by atoms with Crippen LogP contribution in [0.15, 0.2) is 89.7 Å². The fourth-order valence-corrected chi connectivity index (χ4v) is 4.06. The van der Waals surface area contributed by atoms with Crippen molar-refractivity contribution in [3.8, 4) is 22.7 Å². The largest absolute Gasteiger partial charge is 0.483 e. The van der Waals surface area contributed by atoms with Crippen molar-refractivity contribution in [2.75, 3.05) is 11.4 Å². The smallest absolute Gasteiger partial charge is 0.375 e. The average molecular weight is 396 g/mol. The predicted octanol–water partition coefficient (Wildman–Crippen LogP) is 3.96. The van der Waals surface area contributed by atoms with E-state index >= 15 is 0 Å². The molecule has 0 spiro atoms. The first kappa shape index (κ1) is 18.2. The van der Waals surface area contributed by atoms with Crippen molar-refractivity contribution in [3.05, 3.63) is 101 Å². The first-order valence-corrected chi connectivity index (χ1v) is 10.0. The Morgan fingerprint density at radius 2 is 1.47 bits per heavy atom. The normalized spacial score (nSPS) is 12.8. The number of aromatic nitrogens is 2. The van der Waals surface area contributed by atoms with E-state index in [0.717, 1.165) is 16.9 Å². The van der Waals surface area contributed by atoms with Gasteiger partial charge < -0.3 is 5.11 Å². The summed E-state index contributed by atoms with van der Waals surface area (Å²) in [6.45, 7) is 3.28. The van der Waals surface area contributed by atoms with E-state index < -0.39 is 0 Å². The van der Waals surface area contributed by atoms with E-state index in [1.54, 1.807) is 4.57 Å². The summed E-state index contributed by atoms with van der Waals surface area (Å²) >= 11 is 0. The third-order valence-corrected chi connectivity index (χ3v) is 5.55. The molecular weight excluding hydrogens is 374 g/mol. The molecule has 0 bridgehead atoms. The van der Waals surface area contributed by atoms with E-state index in [0.29, 0.717) is 30.2 Å². The summed E-state index contributed by atoms with van der Waals surface area (Å²) in [7, 11) is 0. The highest BCUT2D eigenvalue weighted by atomic mass is 16.3. The molecule has 1 aliphatic rings. The van der Waals surface area contributed by atoms with Crippen LogP contribution in [0.4, 0.5) is 11.6 Å². The van der Waals surface area contributed by atoms with Crippen LogP contribution in [0.1, 0.15) is 5.56 Å². The number of anilines is 2. The van der Waals surface area contributed by atoms with Crippen molar-refractivity contribution in [2.45, 2.75) is 13.5 Å². The zero-order chi connectivity index (χ0) is 20.7. The van der Waals surface area contributed by atoms with Gasteiger partial charge in [-0.2, -0.15) is 9.13 Å². The van der Waals surface area contributed by atoms with Crippen molar-refractivity contribution < 1.29 is 9.67 Å². The molecule has 0 atom stereocenters. The van der Waals surface area contributed by atoms with Crippen LogP contribution in [0.3, 0.4) is 0 Å². The zero-order valence-corrected chi connectivity index (χ0v) is 16.7. The van der Waals surface area contributed by atoms with Gasteiger partial charge in [-0.1, -0.05) is 66.2 Å². The van der Waals surface area contributed by atoms with E-state index in [2.05, 4.69) is 4.90 Å². The number of benzene rings is 3. The summed E-state index contributed by atoms with van der Waals surface area (Å²) in [6, 6.07) is 27.2. The molecule has 0 aliphatic carbocycles. The molecule has 30 heavy (non-hydrogen) atoms. The van der Waals surface area contributed by atoms with Gasteiger partial charge in [-0.25, -0.2) is 9.69 Å². The minimum atomic E-state index is -0.239. The number of aromatic hydroxyl groups is 1. The number of para-hydroxylation sites is 1. The Kier molecular flexibility index (Phi) is 4.36. The second-order valence-corrected chi connectivity index (χ2v) is 7.48. The second-order valence-electron chi connectivity index (χ2n) is 7.48. The van der Waals surface area contributed by atoms with Gasteiger partial charge in [0.1, 0.15) is 30.0 Å². The van der Waals surface area contributed by atoms with Crippen molar-refractivity contribution in [1.29, 1.82) is 0 Å². The molecule has 3 aromatic carbocycles. The number of nitrogens with zero attached hydrogens (tertiary/aromatic N) is 3. The topological polar surface area (TPSA) is 49.4 Å². The highest BCUT2D eigenvalue weighted by Gasteiger charge is 2.38. The summed E-state index contributed by atoms with van der Waals surface area (Å²) in [5, 5.41) is 11.1. The van der Waals surface area contributed by atoms with Crippen molar-refractivity contribution in [2.24, 2.45) is 0 Å². The van der Waals surface area contributed by atoms with E-state index in [4.69, 9.17) is 0 Å². The Morgan fingerprint density at radius 3 is 2.13 bits per heavy atom. The molecule has 2 heterocycles. The van der Waals surface area contributed by atoms with Crippen LogP contribution in [-0.2, 0) is 6.54 Å². The predicted molar refractivity (Wildman–Crippen MR) is 118 cm³/mol. The average Bonchev–Trinajstić information content (AvgIpc) is 3.22. The van der Waals surface area contributed by atoms with Gasteiger partial charge in [0.25, 0.3) is 5.88 Å². The fourth-order valence-electron chi connectivity index (χ4n) is 4.06. The van der Waals surface area contributed by atoms with Gasteiger partial charge in [0.05, 0.1) is 0 Å². The standard InChI is InChI=1S/C25H21N3O2/c1-18-12-14-21(15-13-18)28-24(30)22(19-8-4-2-5-9-19)23(29)27-17-16-26(25(27)28)20-10-6-3-7-11-20/h2-15H,16-17H2,1H3/p+1. The highest BCUT2D eigenvalue weighted by Crippen LogP contribution is 2.32. The summed E-state index contributed by atoms with van der Waals surface area (Å²) in [5.74, 6) is 0.662. The van der Waals surface area contributed by atoms with Gasteiger partial charge in [0.15, 0.2) is 0 Å². The first-order valence-electron chi connectivity index (χ1n) is 10.0. The summed E-state index contributed by atoms with van der Waals surface area (Å²) in [6.07, 6.45) is 0. The number of hydrogen-bond acceptors (Lipinski definition) is 3. The monoisotopic (exact) mass is 396 g/mol. The Bertz CT molecular complexity index is 1260. The van der Waals surface area contributed by atoms with Crippen LogP contribution < -0.4 is 15.0 Å². The lowest BCUT2D eigenvalue weighted by Gasteiger charge is -2.16. The Hall–Kier alpha value is -3.86. The van der Waals surface area contributed by atoms with E-state index in [9.17, 15) is 9.90 Å². The zero-order valence-electron chi connectivity index (χ0n) is 16.7. The van der Waals surface area contributed by atoms with Gasteiger partial charge in [-0.3, -0.25) is 0 Å². The second kappa shape index (κ2) is 7.19. The van der Waals surface area contributed by atoms with Crippen molar-refractivity contribution >= 4 is 11.6 Å². The molecule has 0 saturated carbocycles. The number of fused-ring (bicyclic) bond motifs is 1. The van der Waals surface area contributed by atoms with E-state index in [-0.39, 0.29) is 11.4 Å². The summed E-state index contributed by atoms with van der Waals surface area (Å²) < 4.78 is 3.54. The number of aryl methyl sites for hydroxylation is 1. The maximum Gasteiger partial charge on any atom is 0.375 e. The molecule has 0 fully saturated rings. The SMILES string of the molecule is Cc1ccc(-n2c3[n+](c(O)c(-c4ccccc4)c2=O)CCN3c2ccccc2)cc1. The molecule has 0 unspecified atom stereocenters. The van der Waals surface area contributed by atoms with Crippen LogP contribution in [0.25, 0.3) is 16.8 Å². The molecule has 1 aromatic heterocycles. The molecule has 5 heteroatoms. The third kappa shape index (κ3) is 2.87. The molecule has 5 rings (SSSR count). The maximum atomic E-state index is 13.8. The van der Waals surface area contributed by atoms with Crippen LogP contribution in [0, 0.1) is 6.92 Å². The van der Waals surface area contributed by atoms with Gasteiger partial charge >= 0.3 is 11.5 Å². The molecule has 4 aromatic rings. The summed E-state index contributed by atoms with van der Waals surface area (Å²) in [5.41, 5.74) is 3.66. The van der Waals surface area contributed by atoms with Crippen LogP contribution in [0.5, 0.6) is 5.88 Å². The molecule has 1 N–H and O–H groups in total. The van der Waals surface area contributed by atoms with E-state index in [1.165, 1.54) is 0 Å². The lowest BCUT2D eigenvalue weighted by molar-refractivity contribution is -0.679. The Morgan fingerprint density at radius 1 is 0.833 bits per heavy atom. The molecule has 148 valence electrons. The van der Waals surface area contributed by atoms with Crippen molar-refractivity contribution in [3.63, 3.8) is 0 Å². The van der Waals surface area contributed by atoms with Crippen LogP contribution >= 0.6 is 0 Å². The molecule has 5 nitrogen and oxygen atoms in total. The van der Waals surface area contributed by atoms with Gasteiger partial charge in [0, 0.05) is 0 Å². The minimum Gasteiger partial charge on any atom is -0.483 e. The van der Waals surface area contributed by atoms with E-state index in [1.807, 2.05) is 96.4 Å². The van der Waals surface area contributed by atoms with Crippen molar-refractivity contribution in [1.82, 2.24) is 4.57 Å². The molecule has 0 amide bonds. The Labute approximate surface area is 174 Å². The molecule has 0 radical (unpaired) electrons. The fraction of sp³-hybridized carbons (Fsp3) is 0.120. The number of hydrogen-bond donors (Lipinski definition) is 1. The van der Waals surface area contributed by atoms with Gasteiger partial charge in [0.2, 0.25) is 0 Å². The number of rotatable bonds is 3. The molecular formula is C25H22N3O2+. The lowest BCUT2D eigenvalue weighted by Crippen LogP contribution is -2.40. The highest BCUT2D eigenvalue weighted by molar-refractivity contribution is 5.69. The molecule has 0 saturated heterocycles. The minimum absolute atomic E-state index is 0.00277. The quantitative estimate of drug-likeness (QED) is 0.534. The summed E-state index contributed by atoms with van der Waals surface area (Å²) in [4.78, 5) is 15.9. The third-order valence-electron chi connectivity index (χ3n) is 5.55. The van der Waals surface area contributed by atoms with Crippen LogP contribution in [-0.4, -0.2) is 16.2 Å².